The van der Waals surface area contributed by atoms with Crippen molar-refractivity contribution in [1.29, 1.82) is 0 Å². The number of hydrogen-bond donors (Lipinski definition) is 1. The lowest BCUT2D eigenvalue weighted by atomic mass is 10.00. The van der Waals surface area contributed by atoms with E-state index in [1.165, 1.54) is 12.1 Å². The molecule has 1 aliphatic carbocycles. The first-order valence-corrected chi connectivity index (χ1v) is 4.71. The summed E-state index contributed by atoms with van der Waals surface area (Å²) in [4.78, 5) is 0. The van der Waals surface area contributed by atoms with Gasteiger partial charge in [-0.1, -0.05) is 12.1 Å². The highest BCUT2D eigenvalue weighted by atomic mass is 19.4. The maximum atomic E-state index is 12.7. The van der Waals surface area contributed by atoms with Crippen LogP contribution in [0.3, 0.4) is 0 Å². The van der Waals surface area contributed by atoms with Gasteiger partial charge in [-0.05, 0) is 36.0 Å². The van der Waals surface area contributed by atoms with Crippen LogP contribution in [0.2, 0.25) is 0 Å². The number of alkyl halides is 3. The summed E-state index contributed by atoms with van der Waals surface area (Å²) < 4.78 is 38.0. The molecule has 0 aliphatic heterocycles. The average Bonchev–Trinajstić information content (AvgIpc) is 2.99. The molecule has 4 heteroatoms. The Morgan fingerprint density at radius 1 is 1.27 bits per heavy atom. The molecule has 15 heavy (non-hydrogen) atoms. The summed E-state index contributed by atoms with van der Waals surface area (Å²) >= 11 is 0. The van der Waals surface area contributed by atoms with Crippen LogP contribution in [0.4, 0.5) is 13.2 Å². The van der Waals surface area contributed by atoms with Crippen LogP contribution in [0.5, 0.6) is 0 Å². The SMILES string of the molecule is O[CH]c1ccc(C2CC2)c(C(F)(F)F)c1. The lowest BCUT2D eigenvalue weighted by Crippen LogP contribution is -2.09. The highest BCUT2D eigenvalue weighted by Crippen LogP contribution is 2.46. The van der Waals surface area contributed by atoms with Gasteiger partial charge in [-0.3, -0.25) is 0 Å². The minimum absolute atomic E-state index is 0.0503. The van der Waals surface area contributed by atoms with Crippen molar-refractivity contribution in [2.75, 3.05) is 0 Å². The largest absolute Gasteiger partial charge is 0.416 e. The van der Waals surface area contributed by atoms with Gasteiger partial charge in [-0.15, -0.1) is 0 Å². The maximum Gasteiger partial charge on any atom is 0.416 e. The molecule has 1 N–H and O–H groups in total. The Labute approximate surface area is 85.5 Å². The van der Waals surface area contributed by atoms with Gasteiger partial charge in [0, 0.05) is 0 Å². The van der Waals surface area contributed by atoms with Gasteiger partial charge in [0.2, 0.25) is 0 Å². The minimum atomic E-state index is -4.34. The molecule has 1 radical (unpaired) electrons. The summed E-state index contributed by atoms with van der Waals surface area (Å²) in [6.45, 7) is 0.686. The molecule has 1 aromatic carbocycles. The Morgan fingerprint density at radius 2 is 1.93 bits per heavy atom. The molecule has 0 aromatic heterocycles. The third-order valence-electron chi connectivity index (χ3n) is 2.55. The predicted molar refractivity (Wildman–Crippen MR) is 48.8 cm³/mol. The molecule has 1 saturated carbocycles. The van der Waals surface area contributed by atoms with Crippen molar-refractivity contribution in [1.82, 2.24) is 0 Å². The van der Waals surface area contributed by atoms with Gasteiger partial charge < -0.3 is 5.11 Å². The standard InChI is InChI=1S/C11H10F3O/c12-11(13,14)10-5-7(6-15)1-4-9(10)8-2-3-8/h1,4-6,8,15H,2-3H2. The van der Waals surface area contributed by atoms with E-state index in [0.29, 0.717) is 12.2 Å². The summed E-state index contributed by atoms with van der Waals surface area (Å²) in [5.41, 5.74) is -0.0763. The molecule has 1 nitrogen and oxygen atoms in total. The summed E-state index contributed by atoms with van der Waals surface area (Å²) in [6.07, 6.45) is -2.69. The first-order chi connectivity index (χ1) is 7.02. The normalized spacial score (nSPS) is 16.8. The van der Waals surface area contributed by atoms with Crippen molar-refractivity contribution in [3.8, 4) is 0 Å². The van der Waals surface area contributed by atoms with Crippen LogP contribution >= 0.6 is 0 Å². The Morgan fingerprint density at radius 3 is 2.40 bits per heavy atom. The van der Waals surface area contributed by atoms with Crippen LogP contribution in [-0.2, 0) is 6.18 Å². The highest BCUT2D eigenvalue weighted by molar-refractivity contribution is 5.40. The molecule has 0 atom stereocenters. The fourth-order valence-corrected chi connectivity index (χ4v) is 1.65. The maximum absolute atomic E-state index is 12.7. The second-order valence-corrected chi connectivity index (χ2v) is 3.75. The molecule has 0 unspecified atom stereocenters. The highest BCUT2D eigenvalue weighted by Gasteiger charge is 2.38. The van der Waals surface area contributed by atoms with Gasteiger partial charge in [0.25, 0.3) is 0 Å². The molecule has 0 amide bonds. The Kier molecular flexibility index (Phi) is 2.46. The van der Waals surface area contributed by atoms with E-state index < -0.39 is 11.7 Å². The van der Waals surface area contributed by atoms with Gasteiger partial charge in [-0.2, -0.15) is 13.2 Å². The van der Waals surface area contributed by atoms with Crippen molar-refractivity contribution < 1.29 is 18.3 Å². The molecule has 1 aromatic rings. The second-order valence-electron chi connectivity index (χ2n) is 3.75. The zero-order valence-corrected chi connectivity index (χ0v) is 7.88. The Balaban J connectivity index is 2.45. The summed E-state index contributed by atoms with van der Waals surface area (Å²) in [5.74, 6) is 0.0503. The fraction of sp³-hybridized carbons (Fsp3) is 0.364. The van der Waals surface area contributed by atoms with E-state index in [9.17, 15) is 13.2 Å². The molecule has 0 bridgehead atoms. The van der Waals surface area contributed by atoms with E-state index >= 15 is 0 Å². The number of aliphatic hydroxyl groups excluding tert-OH is 1. The summed E-state index contributed by atoms with van der Waals surface area (Å²) in [6, 6.07) is 3.96. The van der Waals surface area contributed by atoms with E-state index in [1.807, 2.05) is 0 Å². The molecule has 1 fully saturated rings. The van der Waals surface area contributed by atoms with Crippen LogP contribution in [0.25, 0.3) is 0 Å². The molecule has 0 spiro atoms. The predicted octanol–water partition coefficient (Wildman–Crippen LogP) is 3.47. The summed E-state index contributed by atoms with van der Waals surface area (Å²) in [7, 11) is 0. The van der Waals surface area contributed by atoms with Crippen molar-refractivity contribution in [2.24, 2.45) is 0 Å². The van der Waals surface area contributed by atoms with E-state index in [-0.39, 0.29) is 11.5 Å². The molecular weight excluding hydrogens is 205 g/mol. The monoisotopic (exact) mass is 215 g/mol. The van der Waals surface area contributed by atoms with Gasteiger partial charge in [0.1, 0.15) is 6.61 Å². The van der Waals surface area contributed by atoms with E-state index in [0.717, 1.165) is 18.9 Å². The number of aliphatic hydroxyl groups is 1. The lowest BCUT2D eigenvalue weighted by molar-refractivity contribution is -0.138. The fourth-order valence-electron chi connectivity index (χ4n) is 1.65. The van der Waals surface area contributed by atoms with Gasteiger partial charge >= 0.3 is 6.18 Å². The lowest BCUT2D eigenvalue weighted by Gasteiger charge is -2.13. The molecule has 2 rings (SSSR count). The van der Waals surface area contributed by atoms with Gasteiger partial charge in [0.15, 0.2) is 0 Å². The smallest absolute Gasteiger partial charge is 0.385 e. The van der Waals surface area contributed by atoms with Crippen molar-refractivity contribution in [3.05, 3.63) is 41.5 Å². The van der Waals surface area contributed by atoms with E-state index in [4.69, 9.17) is 5.11 Å². The molecule has 1 aliphatic rings. The first kappa shape index (κ1) is 10.5. The van der Waals surface area contributed by atoms with Crippen molar-refractivity contribution >= 4 is 0 Å². The van der Waals surface area contributed by atoms with Crippen LogP contribution in [0, 0.1) is 6.61 Å². The molecule has 0 heterocycles. The van der Waals surface area contributed by atoms with Gasteiger partial charge in [0.05, 0.1) is 5.56 Å². The Bertz CT molecular complexity index is 367. The van der Waals surface area contributed by atoms with Crippen LogP contribution in [-0.4, -0.2) is 5.11 Å². The zero-order valence-electron chi connectivity index (χ0n) is 7.88. The third-order valence-corrected chi connectivity index (χ3v) is 2.55. The number of rotatable bonds is 2. The van der Waals surface area contributed by atoms with Crippen LogP contribution in [0.1, 0.15) is 35.4 Å². The van der Waals surface area contributed by atoms with Crippen LogP contribution in [0.15, 0.2) is 18.2 Å². The average molecular weight is 215 g/mol. The number of hydrogen-bond acceptors (Lipinski definition) is 1. The second kappa shape index (κ2) is 3.52. The number of benzene rings is 1. The van der Waals surface area contributed by atoms with E-state index in [2.05, 4.69) is 0 Å². The topological polar surface area (TPSA) is 20.2 Å². The summed E-state index contributed by atoms with van der Waals surface area (Å²) in [5, 5.41) is 8.68. The molecule has 0 saturated heterocycles. The van der Waals surface area contributed by atoms with Crippen molar-refractivity contribution in [3.63, 3.8) is 0 Å². The Hall–Kier alpha value is -1.03. The van der Waals surface area contributed by atoms with Crippen molar-refractivity contribution in [2.45, 2.75) is 24.9 Å². The molecular formula is C11H10F3O. The zero-order chi connectivity index (χ0) is 11.1. The van der Waals surface area contributed by atoms with Crippen LogP contribution < -0.4 is 0 Å². The molecule has 81 valence electrons. The van der Waals surface area contributed by atoms with E-state index in [1.54, 1.807) is 0 Å². The first-order valence-electron chi connectivity index (χ1n) is 4.71. The third kappa shape index (κ3) is 2.15. The van der Waals surface area contributed by atoms with Gasteiger partial charge in [-0.25, -0.2) is 0 Å². The minimum Gasteiger partial charge on any atom is -0.385 e. The quantitative estimate of drug-likeness (QED) is 0.800. The number of halogens is 3.